The van der Waals surface area contributed by atoms with Crippen molar-refractivity contribution in [1.82, 2.24) is 19.7 Å². The molecule has 0 bridgehead atoms. The van der Waals surface area contributed by atoms with Crippen LogP contribution >= 0.6 is 11.8 Å². The van der Waals surface area contributed by atoms with Crippen LogP contribution in [0.1, 0.15) is 35.3 Å². The molecule has 2 aromatic carbocycles. The fraction of sp³-hybridized carbons (Fsp3) is 0.200. The molecule has 0 aliphatic rings. The minimum atomic E-state index is -0.281. The predicted molar refractivity (Wildman–Crippen MR) is 124 cm³/mol. The number of Topliss-reactive ketones (excluding diaryl/α,β-unsaturated/α-hetero) is 1. The van der Waals surface area contributed by atoms with E-state index in [0.717, 1.165) is 34.1 Å². The largest absolute Gasteiger partial charge is 0.298 e. The zero-order valence-electron chi connectivity index (χ0n) is 17.6. The summed E-state index contributed by atoms with van der Waals surface area (Å²) in [5, 5.41) is 9.32. The molecule has 0 N–H and O–H groups in total. The van der Waals surface area contributed by atoms with Crippen molar-refractivity contribution in [2.24, 2.45) is 0 Å². The van der Waals surface area contributed by atoms with Crippen molar-refractivity contribution >= 4 is 17.5 Å². The molecule has 2 heterocycles. The van der Waals surface area contributed by atoms with Gasteiger partial charge in [0.1, 0.15) is 0 Å². The zero-order valence-corrected chi connectivity index (χ0v) is 18.4. The van der Waals surface area contributed by atoms with Crippen LogP contribution in [0.3, 0.4) is 0 Å². The molecule has 0 fully saturated rings. The van der Waals surface area contributed by atoms with Crippen molar-refractivity contribution in [3.63, 3.8) is 0 Å². The van der Waals surface area contributed by atoms with E-state index >= 15 is 0 Å². The second-order valence-corrected chi connectivity index (χ2v) is 8.60. The van der Waals surface area contributed by atoms with Gasteiger partial charge in [-0.3, -0.25) is 14.3 Å². The Bertz CT molecular complexity index is 1140. The first-order valence-electron chi connectivity index (χ1n) is 10.3. The molecule has 0 radical (unpaired) electrons. The van der Waals surface area contributed by atoms with Crippen LogP contribution in [0.4, 0.5) is 0 Å². The maximum atomic E-state index is 13.0. The average molecular weight is 429 g/mol. The lowest BCUT2D eigenvalue weighted by atomic mass is 10.1. The summed E-state index contributed by atoms with van der Waals surface area (Å²) >= 11 is 1.44. The summed E-state index contributed by atoms with van der Waals surface area (Å²) in [7, 11) is 0. The monoisotopic (exact) mass is 428 g/mol. The molecule has 4 rings (SSSR count). The number of hydrogen-bond donors (Lipinski definition) is 0. The van der Waals surface area contributed by atoms with E-state index in [1.807, 2.05) is 61.5 Å². The van der Waals surface area contributed by atoms with E-state index < -0.39 is 0 Å². The highest BCUT2D eigenvalue weighted by atomic mass is 32.2. The minimum Gasteiger partial charge on any atom is -0.298 e. The van der Waals surface area contributed by atoms with Gasteiger partial charge in [0.2, 0.25) is 0 Å². The number of aryl methyl sites for hydroxylation is 1. The van der Waals surface area contributed by atoms with Crippen molar-refractivity contribution < 1.29 is 4.79 Å². The second kappa shape index (κ2) is 9.71. The van der Waals surface area contributed by atoms with Crippen LogP contribution in [-0.2, 0) is 13.0 Å². The maximum Gasteiger partial charge on any atom is 0.192 e. The Balaban J connectivity index is 1.62. The fourth-order valence-electron chi connectivity index (χ4n) is 3.35. The van der Waals surface area contributed by atoms with Gasteiger partial charge in [0, 0.05) is 23.5 Å². The molecular weight excluding hydrogens is 404 g/mol. The molecule has 0 amide bonds. The molecule has 6 heteroatoms. The third-order valence-corrected chi connectivity index (χ3v) is 6.22. The van der Waals surface area contributed by atoms with Gasteiger partial charge in [-0.1, -0.05) is 73.3 Å². The number of aromatic nitrogens is 4. The molecule has 1 unspecified atom stereocenters. The van der Waals surface area contributed by atoms with Crippen LogP contribution in [0.15, 0.2) is 84.3 Å². The van der Waals surface area contributed by atoms with Gasteiger partial charge >= 0.3 is 0 Å². The first-order valence-corrected chi connectivity index (χ1v) is 11.2. The van der Waals surface area contributed by atoms with Crippen molar-refractivity contribution in [3.8, 4) is 11.4 Å². The van der Waals surface area contributed by atoms with E-state index in [-0.39, 0.29) is 11.0 Å². The standard InChI is InChI=1S/C25H24N4OS/c1-3-19-9-11-21(12-10-19)23(30)18(2)31-25-28-27-24(22-13-15-26-16-14-22)29(25)17-20-7-5-4-6-8-20/h4-16,18H,3,17H2,1-2H3. The van der Waals surface area contributed by atoms with Crippen LogP contribution in [0.25, 0.3) is 11.4 Å². The number of thioether (sulfide) groups is 1. The highest BCUT2D eigenvalue weighted by Crippen LogP contribution is 2.29. The van der Waals surface area contributed by atoms with Gasteiger partial charge in [-0.05, 0) is 36.6 Å². The normalized spacial score (nSPS) is 11.9. The quantitative estimate of drug-likeness (QED) is 0.281. The Morgan fingerprint density at radius 3 is 2.32 bits per heavy atom. The SMILES string of the molecule is CCc1ccc(C(=O)C(C)Sc2nnc(-c3ccncc3)n2Cc2ccccc2)cc1. The van der Waals surface area contributed by atoms with Gasteiger partial charge < -0.3 is 0 Å². The van der Waals surface area contributed by atoms with E-state index in [1.54, 1.807) is 12.4 Å². The Morgan fingerprint density at radius 2 is 1.65 bits per heavy atom. The molecule has 0 saturated heterocycles. The highest BCUT2D eigenvalue weighted by molar-refractivity contribution is 8.00. The van der Waals surface area contributed by atoms with E-state index in [2.05, 4.69) is 38.8 Å². The Kier molecular flexibility index (Phi) is 6.57. The van der Waals surface area contributed by atoms with E-state index in [4.69, 9.17) is 0 Å². The molecule has 1 atom stereocenters. The lowest BCUT2D eigenvalue weighted by molar-refractivity contribution is 0.0994. The van der Waals surface area contributed by atoms with Gasteiger partial charge in [0.25, 0.3) is 0 Å². The minimum absolute atomic E-state index is 0.0902. The number of hydrogen-bond acceptors (Lipinski definition) is 5. The summed E-state index contributed by atoms with van der Waals surface area (Å²) in [5.41, 5.74) is 4.04. The summed E-state index contributed by atoms with van der Waals surface area (Å²) in [5.74, 6) is 0.855. The summed E-state index contributed by atoms with van der Waals surface area (Å²) in [6.45, 7) is 4.66. The van der Waals surface area contributed by atoms with Gasteiger partial charge in [0.05, 0.1) is 11.8 Å². The number of pyridine rings is 1. The highest BCUT2D eigenvalue weighted by Gasteiger charge is 2.22. The van der Waals surface area contributed by atoms with Crippen molar-refractivity contribution in [2.75, 3.05) is 0 Å². The Hall–Kier alpha value is -3.25. The molecule has 4 aromatic rings. The van der Waals surface area contributed by atoms with Gasteiger partial charge in [-0.25, -0.2) is 0 Å². The third-order valence-electron chi connectivity index (χ3n) is 5.14. The van der Waals surface area contributed by atoms with Crippen LogP contribution in [0, 0.1) is 0 Å². The molecule has 5 nitrogen and oxygen atoms in total. The average Bonchev–Trinajstić information content (AvgIpc) is 3.21. The molecule has 2 aromatic heterocycles. The molecule has 31 heavy (non-hydrogen) atoms. The first-order chi connectivity index (χ1) is 15.2. The fourth-order valence-corrected chi connectivity index (χ4v) is 4.28. The maximum absolute atomic E-state index is 13.0. The van der Waals surface area contributed by atoms with Gasteiger partial charge in [0.15, 0.2) is 16.8 Å². The topological polar surface area (TPSA) is 60.7 Å². The molecule has 156 valence electrons. The Morgan fingerprint density at radius 1 is 0.935 bits per heavy atom. The number of rotatable bonds is 8. The summed E-state index contributed by atoms with van der Waals surface area (Å²) < 4.78 is 2.07. The second-order valence-electron chi connectivity index (χ2n) is 7.29. The third kappa shape index (κ3) is 4.91. The number of carbonyl (C=O) groups is 1. The van der Waals surface area contributed by atoms with Crippen LogP contribution < -0.4 is 0 Å². The number of nitrogens with zero attached hydrogens (tertiary/aromatic N) is 4. The summed E-state index contributed by atoms with van der Waals surface area (Å²) in [4.78, 5) is 17.1. The molecule has 0 aliphatic carbocycles. The summed E-state index contributed by atoms with van der Waals surface area (Å²) in [6, 6.07) is 21.9. The molecule has 0 aliphatic heterocycles. The number of benzene rings is 2. The number of carbonyl (C=O) groups excluding carboxylic acids is 1. The molecular formula is C25H24N4OS. The van der Waals surface area contributed by atoms with Crippen LogP contribution in [0.2, 0.25) is 0 Å². The molecule has 0 saturated carbocycles. The van der Waals surface area contributed by atoms with Crippen molar-refractivity contribution in [1.29, 1.82) is 0 Å². The predicted octanol–water partition coefficient (Wildman–Crippen LogP) is 5.31. The summed E-state index contributed by atoms with van der Waals surface area (Å²) in [6.07, 6.45) is 4.45. The van der Waals surface area contributed by atoms with Crippen LogP contribution in [0.5, 0.6) is 0 Å². The smallest absolute Gasteiger partial charge is 0.192 e. The van der Waals surface area contributed by atoms with Crippen LogP contribution in [-0.4, -0.2) is 30.8 Å². The van der Waals surface area contributed by atoms with Gasteiger partial charge in [-0.15, -0.1) is 10.2 Å². The van der Waals surface area contributed by atoms with E-state index in [1.165, 1.54) is 17.3 Å². The Labute approximate surface area is 186 Å². The lowest BCUT2D eigenvalue weighted by Crippen LogP contribution is -2.15. The van der Waals surface area contributed by atoms with Crippen molar-refractivity contribution in [3.05, 3.63) is 95.8 Å². The van der Waals surface area contributed by atoms with E-state index in [9.17, 15) is 4.79 Å². The zero-order chi connectivity index (χ0) is 21.6. The van der Waals surface area contributed by atoms with Gasteiger partial charge in [-0.2, -0.15) is 0 Å². The first kappa shape index (κ1) is 21.0. The lowest BCUT2D eigenvalue weighted by Gasteiger charge is -2.13. The van der Waals surface area contributed by atoms with E-state index in [0.29, 0.717) is 6.54 Å². The number of ketones is 1. The molecule has 0 spiro atoms. The van der Waals surface area contributed by atoms with Crippen molar-refractivity contribution in [2.45, 2.75) is 37.2 Å².